The van der Waals surface area contributed by atoms with Crippen molar-refractivity contribution in [2.75, 3.05) is 25.0 Å². The third-order valence-electron chi connectivity index (χ3n) is 6.88. The van der Waals surface area contributed by atoms with Gasteiger partial charge in [-0.05, 0) is 48.6 Å². The molecule has 7 nitrogen and oxygen atoms in total. The summed E-state index contributed by atoms with van der Waals surface area (Å²) in [5, 5.41) is 18.3. The van der Waals surface area contributed by atoms with Crippen LogP contribution in [0, 0.1) is 11.3 Å². The molecule has 0 saturated carbocycles. The summed E-state index contributed by atoms with van der Waals surface area (Å²) in [4.78, 5) is 32.5. The molecule has 0 radical (unpaired) electrons. The van der Waals surface area contributed by atoms with E-state index in [4.69, 9.17) is 11.6 Å². The molecule has 3 N–H and O–H groups in total. The van der Waals surface area contributed by atoms with Crippen molar-refractivity contribution < 1.29 is 14.7 Å². The first-order valence-electron chi connectivity index (χ1n) is 12.3. The minimum Gasteiger partial charge on any atom is -0.384 e. The number of likely N-dealkylation sites (tertiary alicyclic amines) is 1. The quantitative estimate of drug-likeness (QED) is 0.497. The molecule has 0 unspecified atom stereocenters. The van der Waals surface area contributed by atoms with Gasteiger partial charge in [0.05, 0.1) is 11.2 Å². The first-order chi connectivity index (χ1) is 16.5. The summed E-state index contributed by atoms with van der Waals surface area (Å²) in [5.41, 5.74) is -0.506. The Morgan fingerprint density at radius 2 is 1.86 bits per heavy atom. The average Bonchev–Trinajstić information content (AvgIpc) is 2.82. The fraction of sp³-hybridized carbons (Fsp3) is 0.519. The second-order valence-corrected chi connectivity index (χ2v) is 10.8. The van der Waals surface area contributed by atoms with Crippen molar-refractivity contribution in [1.82, 2.24) is 15.2 Å². The lowest BCUT2D eigenvalue weighted by molar-refractivity contribution is -0.155. The third-order valence-corrected chi connectivity index (χ3v) is 7.14. The van der Waals surface area contributed by atoms with Gasteiger partial charge in [-0.3, -0.25) is 9.59 Å². The molecule has 2 aromatic rings. The highest BCUT2D eigenvalue weighted by Gasteiger charge is 2.50. The minimum absolute atomic E-state index is 0.106. The molecule has 2 amide bonds. The van der Waals surface area contributed by atoms with E-state index in [0.717, 1.165) is 18.5 Å². The number of hydrogen-bond donors (Lipinski definition) is 3. The van der Waals surface area contributed by atoms with Gasteiger partial charge >= 0.3 is 0 Å². The van der Waals surface area contributed by atoms with E-state index in [1.165, 1.54) is 6.20 Å². The average molecular weight is 501 g/mol. The SMILES string of the molecule is CCCNc1ccc(C(=O)N[C@@H](C(=O)N2CC[C@](O)(c3ccc(Cl)cc3)C(C)(C)C2)C(C)C)cn1. The highest BCUT2D eigenvalue weighted by Crippen LogP contribution is 2.46. The number of hydrogen-bond acceptors (Lipinski definition) is 5. The van der Waals surface area contributed by atoms with Crippen LogP contribution in [0.5, 0.6) is 0 Å². The van der Waals surface area contributed by atoms with Crippen LogP contribution in [0.1, 0.15) is 63.4 Å². The van der Waals surface area contributed by atoms with Gasteiger partial charge in [0.1, 0.15) is 11.9 Å². The minimum atomic E-state index is -1.09. The van der Waals surface area contributed by atoms with E-state index in [9.17, 15) is 14.7 Å². The van der Waals surface area contributed by atoms with Crippen LogP contribution in [0.15, 0.2) is 42.6 Å². The number of rotatable bonds is 8. The lowest BCUT2D eigenvalue weighted by atomic mass is 9.66. The van der Waals surface area contributed by atoms with Crippen molar-refractivity contribution >= 4 is 29.2 Å². The van der Waals surface area contributed by atoms with Gasteiger partial charge < -0.3 is 20.6 Å². The summed E-state index contributed by atoms with van der Waals surface area (Å²) in [6.45, 7) is 11.4. The molecule has 1 saturated heterocycles. The monoisotopic (exact) mass is 500 g/mol. The van der Waals surface area contributed by atoms with Crippen molar-refractivity contribution in [3.8, 4) is 0 Å². The van der Waals surface area contributed by atoms with Crippen molar-refractivity contribution in [2.45, 2.75) is 59.1 Å². The number of amides is 2. The van der Waals surface area contributed by atoms with E-state index < -0.39 is 17.1 Å². The highest BCUT2D eigenvalue weighted by atomic mass is 35.5. The number of carbonyl (C=O) groups is 2. The molecule has 2 atom stereocenters. The lowest BCUT2D eigenvalue weighted by Gasteiger charge is -2.51. The zero-order chi connectivity index (χ0) is 25.8. The lowest BCUT2D eigenvalue weighted by Crippen LogP contribution is -2.60. The molecule has 1 aliphatic heterocycles. The van der Waals surface area contributed by atoms with Gasteiger partial charge in [-0.2, -0.15) is 0 Å². The molecular weight excluding hydrogens is 464 g/mol. The van der Waals surface area contributed by atoms with Gasteiger partial charge in [0.25, 0.3) is 5.91 Å². The third kappa shape index (κ3) is 5.96. The Morgan fingerprint density at radius 3 is 2.40 bits per heavy atom. The summed E-state index contributed by atoms with van der Waals surface area (Å²) in [6.07, 6.45) is 2.89. The maximum atomic E-state index is 13.5. The number of anilines is 1. The number of aromatic nitrogens is 1. The maximum absolute atomic E-state index is 13.5. The van der Waals surface area contributed by atoms with E-state index in [1.807, 2.05) is 39.8 Å². The van der Waals surface area contributed by atoms with Gasteiger partial charge in [-0.25, -0.2) is 4.98 Å². The summed E-state index contributed by atoms with van der Waals surface area (Å²) in [5.74, 6) is 0.128. The highest BCUT2D eigenvalue weighted by molar-refractivity contribution is 6.30. The molecule has 0 aliphatic carbocycles. The van der Waals surface area contributed by atoms with Crippen LogP contribution in [-0.4, -0.2) is 52.5 Å². The molecule has 1 aromatic heterocycles. The molecule has 190 valence electrons. The van der Waals surface area contributed by atoms with Crippen LogP contribution in [-0.2, 0) is 10.4 Å². The fourth-order valence-electron chi connectivity index (χ4n) is 4.59. The summed E-state index contributed by atoms with van der Waals surface area (Å²) < 4.78 is 0. The smallest absolute Gasteiger partial charge is 0.253 e. The molecule has 1 fully saturated rings. The predicted molar refractivity (Wildman–Crippen MR) is 139 cm³/mol. The Balaban J connectivity index is 1.71. The van der Waals surface area contributed by atoms with Crippen molar-refractivity contribution in [3.05, 3.63) is 58.7 Å². The zero-order valence-electron chi connectivity index (χ0n) is 21.3. The molecule has 1 aromatic carbocycles. The first kappa shape index (κ1) is 27.0. The second-order valence-electron chi connectivity index (χ2n) is 10.3. The summed E-state index contributed by atoms with van der Waals surface area (Å²) in [7, 11) is 0. The maximum Gasteiger partial charge on any atom is 0.253 e. The molecule has 0 spiro atoms. The number of nitrogens with zero attached hydrogens (tertiary/aromatic N) is 2. The van der Waals surface area contributed by atoms with Crippen LogP contribution in [0.2, 0.25) is 5.02 Å². The normalized spacial score (nSPS) is 20.4. The standard InChI is InChI=1S/C27H37ClN4O3/c1-6-14-29-22-12-7-19(16-30-22)24(33)31-23(18(2)3)25(34)32-15-13-27(35,26(4,5)17-32)20-8-10-21(28)11-9-20/h7-12,16,18,23,35H,6,13-15,17H2,1-5H3,(H,29,30)(H,31,33)/t23-,27+/m1/s1. The molecular formula is C27H37ClN4O3. The number of carbonyl (C=O) groups excluding carboxylic acids is 2. The van der Waals surface area contributed by atoms with Crippen molar-refractivity contribution in [1.29, 1.82) is 0 Å². The van der Waals surface area contributed by atoms with Gasteiger partial charge in [0.15, 0.2) is 0 Å². The van der Waals surface area contributed by atoms with Crippen LogP contribution < -0.4 is 10.6 Å². The molecule has 0 bridgehead atoms. The van der Waals surface area contributed by atoms with Crippen molar-refractivity contribution in [3.63, 3.8) is 0 Å². The number of halogens is 1. The Bertz CT molecular complexity index is 1020. The Kier molecular flexibility index (Phi) is 8.44. The topological polar surface area (TPSA) is 94.6 Å². The van der Waals surface area contributed by atoms with Gasteiger partial charge in [-0.1, -0.05) is 58.4 Å². The van der Waals surface area contributed by atoms with E-state index in [-0.39, 0.29) is 17.7 Å². The van der Waals surface area contributed by atoms with E-state index in [1.54, 1.807) is 29.2 Å². The summed E-state index contributed by atoms with van der Waals surface area (Å²) >= 11 is 6.03. The predicted octanol–water partition coefficient (Wildman–Crippen LogP) is 4.46. The van der Waals surface area contributed by atoms with Gasteiger partial charge in [-0.15, -0.1) is 0 Å². The van der Waals surface area contributed by atoms with Crippen LogP contribution in [0.25, 0.3) is 0 Å². The van der Waals surface area contributed by atoms with E-state index in [0.29, 0.717) is 35.9 Å². The Hall–Kier alpha value is -2.64. The fourth-order valence-corrected chi connectivity index (χ4v) is 4.72. The van der Waals surface area contributed by atoms with Gasteiger partial charge in [0.2, 0.25) is 5.91 Å². The van der Waals surface area contributed by atoms with Crippen LogP contribution >= 0.6 is 11.6 Å². The molecule has 3 rings (SSSR count). The number of piperidine rings is 1. The van der Waals surface area contributed by atoms with Crippen LogP contribution in [0.3, 0.4) is 0 Å². The van der Waals surface area contributed by atoms with Crippen LogP contribution in [0.4, 0.5) is 5.82 Å². The Morgan fingerprint density at radius 1 is 1.17 bits per heavy atom. The van der Waals surface area contributed by atoms with Crippen molar-refractivity contribution in [2.24, 2.45) is 11.3 Å². The largest absolute Gasteiger partial charge is 0.384 e. The molecule has 1 aliphatic rings. The van der Waals surface area contributed by atoms with E-state index in [2.05, 4.69) is 22.5 Å². The van der Waals surface area contributed by atoms with E-state index >= 15 is 0 Å². The van der Waals surface area contributed by atoms with Gasteiger partial charge in [0, 0.05) is 36.3 Å². The molecule has 35 heavy (non-hydrogen) atoms. The molecule has 2 heterocycles. The zero-order valence-corrected chi connectivity index (χ0v) is 22.0. The number of benzene rings is 1. The first-order valence-corrected chi connectivity index (χ1v) is 12.6. The molecule has 8 heteroatoms. The number of nitrogens with one attached hydrogen (secondary N) is 2. The number of pyridine rings is 1. The Labute approximate surface area is 213 Å². The summed E-state index contributed by atoms with van der Waals surface area (Å²) in [6, 6.07) is 10.0. The number of aliphatic hydroxyl groups is 1. The second kappa shape index (κ2) is 11.0.